The van der Waals surface area contributed by atoms with Gasteiger partial charge in [0.05, 0.1) is 10.6 Å². The van der Waals surface area contributed by atoms with Gasteiger partial charge in [-0.3, -0.25) is 4.79 Å². The summed E-state index contributed by atoms with van der Waals surface area (Å²) >= 11 is 6.08. The number of carbonyl (C=O) groups is 1. The molecule has 0 fully saturated rings. The second kappa shape index (κ2) is 7.66. The van der Waals surface area contributed by atoms with Crippen molar-refractivity contribution in [1.82, 2.24) is 5.32 Å². The standard InChI is InChI=1S/C16H25ClN2O2/c1-5-16(6-2,10-18)19-15(20)12(4)21-14-9-11(3)7-8-13(14)17/h7-9,12H,5-6,10,18H2,1-4H3,(H,19,20). The number of rotatable bonds is 7. The van der Waals surface area contributed by atoms with Gasteiger partial charge >= 0.3 is 0 Å². The number of ether oxygens (including phenoxy) is 1. The van der Waals surface area contributed by atoms with Crippen LogP contribution in [0.2, 0.25) is 5.02 Å². The molecule has 1 aromatic carbocycles. The zero-order valence-electron chi connectivity index (χ0n) is 13.2. The third-order valence-corrected chi connectivity index (χ3v) is 4.20. The number of halogens is 1. The molecule has 0 heterocycles. The predicted molar refractivity (Wildman–Crippen MR) is 86.8 cm³/mol. The lowest BCUT2D eigenvalue weighted by molar-refractivity contribution is -0.129. The van der Waals surface area contributed by atoms with Gasteiger partial charge in [-0.2, -0.15) is 0 Å². The maximum atomic E-state index is 12.3. The van der Waals surface area contributed by atoms with E-state index in [1.807, 2.05) is 32.9 Å². The second-order valence-corrected chi connectivity index (χ2v) is 5.78. The molecule has 1 atom stereocenters. The maximum Gasteiger partial charge on any atom is 0.261 e. The molecule has 0 aliphatic carbocycles. The molecule has 0 aromatic heterocycles. The SMILES string of the molecule is CCC(CC)(CN)NC(=O)C(C)Oc1cc(C)ccc1Cl. The molecular formula is C16H25ClN2O2. The molecule has 21 heavy (non-hydrogen) atoms. The number of benzene rings is 1. The highest BCUT2D eigenvalue weighted by Gasteiger charge is 2.29. The van der Waals surface area contributed by atoms with Gasteiger partial charge in [0.15, 0.2) is 6.10 Å². The Morgan fingerprint density at radius 1 is 1.43 bits per heavy atom. The van der Waals surface area contributed by atoms with E-state index in [0.29, 0.717) is 17.3 Å². The highest BCUT2D eigenvalue weighted by atomic mass is 35.5. The van der Waals surface area contributed by atoms with Crippen LogP contribution in [0, 0.1) is 6.92 Å². The molecule has 0 saturated heterocycles. The van der Waals surface area contributed by atoms with Gasteiger partial charge in [0.2, 0.25) is 0 Å². The molecular weight excluding hydrogens is 288 g/mol. The fourth-order valence-corrected chi connectivity index (χ4v) is 2.24. The molecule has 5 heteroatoms. The van der Waals surface area contributed by atoms with Crippen molar-refractivity contribution in [1.29, 1.82) is 0 Å². The Bertz CT molecular complexity index is 479. The number of nitrogens with one attached hydrogen (secondary N) is 1. The summed E-state index contributed by atoms with van der Waals surface area (Å²) in [5.41, 5.74) is 6.46. The van der Waals surface area contributed by atoms with Gasteiger partial charge in [-0.15, -0.1) is 0 Å². The molecule has 0 bridgehead atoms. The topological polar surface area (TPSA) is 64.3 Å². The number of aryl methyl sites for hydroxylation is 1. The first kappa shape index (κ1) is 17.8. The zero-order chi connectivity index (χ0) is 16.0. The van der Waals surface area contributed by atoms with Crippen molar-refractivity contribution in [3.8, 4) is 5.75 Å². The monoisotopic (exact) mass is 312 g/mol. The average Bonchev–Trinajstić information content (AvgIpc) is 2.48. The van der Waals surface area contributed by atoms with Crippen molar-refractivity contribution < 1.29 is 9.53 Å². The number of carbonyl (C=O) groups excluding carboxylic acids is 1. The van der Waals surface area contributed by atoms with Crippen molar-refractivity contribution in [2.45, 2.75) is 52.2 Å². The lowest BCUT2D eigenvalue weighted by Gasteiger charge is -2.32. The minimum Gasteiger partial charge on any atom is -0.479 e. The van der Waals surface area contributed by atoms with Crippen molar-refractivity contribution >= 4 is 17.5 Å². The normalized spacial score (nSPS) is 12.9. The average molecular weight is 313 g/mol. The van der Waals surface area contributed by atoms with Crippen molar-refractivity contribution in [3.63, 3.8) is 0 Å². The third-order valence-electron chi connectivity index (χ3n) is 3.89. The van der Waals surface area contributed by atoms with Gasteiger partial charge in [0.25, 0.3) is 5.91 Å². The summed E-state index contributed by atoms with van der Waals surface area (Å²) in [7, 11) is 0. The lowest BCUT2D eigenvalue weighted by Crippen LogP contribution is -2.55. The summed E-state index contributed by atoms with van der Waals surface area (Å²) in [6, 6.07) is 5.48. The molecule has 118 valence electrons. The minimum absolute atomic E-state index is 0.179. The molecule has 0 saturated carbocycles. The van der Waals surface area contributed by atoms with E-state index >= 15 is 0 Å². The molecule has 0 aliphatic heterocycles. The van der Waals surface area contributed by atoms with Crippen LogP contribution in [0.3, 0.4) is 0 Å². The first-order chi connectivity index (χ1) is 9.87. The van der Waals surface area contributed by atoms with Crippen molar-refractivity contribution in [2.24, 2.45) is 5.73 Å². The van der Waals surface area contributed by atoms with E-state index in [9.17, 15) is 4.79 Å². The Morgan fingerprint density at radius 3 is 2.57 bits per heavy atom. The van der Waals surface area contributed by atoms with Crippen LogP contribution in [-0.2, 0) is 4.79 Å². The van der Waals surface area contributed by atoms with Gasteiger partial charge < -0.3 is 15.8 Å². The van der Waals surface area contributed by atoms with Gasteiger partial charge in [0, 0.05) is 6.54 Å². The summed E-state index contributed by atoms with van der Waals surface area (Å²) in [6.07, 6.45) is 0.932. The third kappa shape index (κ3) is 4.61. The molecule has 0 spiro atoms. The zero-order valence-corrected chi connectivity index (χ0v) is 14.0. The predicted octanol–water partition coefficient (Wildman–Crippen LogP) is 3.05. The summed E-state index contributed by atoms with van der Waals surface area (Å²) in [5.74, 6) is 0.340. The second-order valence-electron chi connectivity index (χ2n) is 5.37. The Morgan fingerprint density at radius 2 is 2.05 bits per heavy atom. The lowest BCUT2D eigenvalue weighted by atomic mass is 9.92. The van der Waals surface area contributed by atoms with Gasteiger partial charge in [-0.25, -0.2) is 0 Å². The fourth-order valence-electron chi connectivity index (χ4n) is 2.07. The molecule has 1 unspecified atom stereocenters. The van der Waals surface area contributed by atoms with Crippen LogP contribution in [-0.4, -0.2) is 24.1 Å². The molecule has 0 radical (unpaired) electrons. The van der Waals surface area contributed by atoms with Crippen LogP contribution < -0.4 is 15.8 Å². The molecule has 4 nitrogen and oxygen atoms in total. The molecule has 0 aliphatic rings. The van der Waals surface area contributed by atoms with E-state index in [4.69, 9.17) is 22.1 Å². The molecule has 1 aromatic rings. The molecule has 1 rings (SSSR count). The number of nitrogens with two attached hydrogens (primary N) is 1. The number of hydrogen-bond acceptors (Lipinski definition) is 3. The van der Waals surface area contributed by atoms with Crippen LogP contribution in [0.25, 0.3) is 0 Å². The quantitative estimate of drug-likeness (QED) is 0.813. The van der Waals surface area contributed by atoms with Gasteiger partial charge in [-0.05, 0) is 44.4 Å². The van der Waals surface area contributed by atoms with E-state index in [1.54, 1.807) is 13.0 Å². The van der Waals surface area contributed by atoms with Gasteiger partial charge in [-0.1, -0.05) is 31.5 Å². The molecule has 3 N–H and O–H groups in total. The largest absolute Gasteiger partial charge is 0.479 e. The van der Waals surface area contributed by atoms with Crippen LogP contribution in [0.15, 0.2) is 18.2 Å². The van der Waals surface area contributed by atoms with E-state index in [2.05, 4.69) is 5.32 Å². The smallest absolute Gasteiger partial charge is 0.261 e. The van der Waals surface area contributed by atoms with Crippen LogP contribution >= 0.6 is 11.6 Å². The first-order valence-corrected chi connectivity index (χ1v) is 7.70. The first-order valence-electron chi connectivity index (χ1n) is 7.32. The number of amides is 1. The maximum absolute atomic E-state index is 12.3. The number of hydrogen-bond donors (Lipinski definition) is 2. The van der Waals surface area contributed by atoms with Crippen LogP contribution in [0.1, 0.15) is 39.2 Å². The minimum atomic E-state index is -0.631. The Kier molecular flexibility index (Phi) is 6.49. The van der Waals surface area contributed by atoms with Gasteiger partial charge in [0.1, 0.15) is 5.75 Å². The van der Waals surface area contributed by atoms with Crippen LogP contribution in [0.4, 0.5) is 0 Å². The Balaban J connectivity index is 2.77. The summed E-state index contributed by atoms with van der Waals surface area (Å²) in [4.78, 5) is 12.3. The highest BCUT2D eigenvalue weighted by Crippen LogP contribution is 2.26. The summed E-state index contributed by atoms with van der Waals surface area (Å²) in [6.45, 7) is 8.09. The van der Waals surface area contributed by atoms with E-state index in [0.717, 1.165) is 18.4 Å². The van der Waals surface area contributed by atoms with Crippen LogP contribution in [0.5, 0.6) is 5.75 Å². The van der Waals surface area contributed by atoms with Crippen molar-refractivity contribution in [2.75, 3.05) is 6.54 Å². The van der Waals surface area contributed by atoms with E-state index in [-0.39, 0.29) is 11.4 Å². The molecule has 1 amide bonds. The fraction of sp³-hybridized carbons (Fsp3) is 0.562. The summed E-state index contributed by atoms with van der Waals surface area (Å²) in [5, 5.41) is 3.50. The van der Waals surface area contributed by atoms with E-state index in [1.165, 1.54) is 0 Å². The Hall–Kier alpha value is -1.26. The van der Waals surface area contributed by atoms with Crippen molar-refractivity contribution in [3.05, 3.63) is 28.8 Å². The van der Waals surface area contributed by atoms with E-state index < -0.39 is 6.10 Å². The summed E-state index contributed by atoms with van der Waals surface area (Å²) < 4.78 is 5.68. The Labute approximate surface area is 132 Å². The highest BCUT2D eigenvalue weighted by molar-refractivity contribution is 6.32.